The second kappa shape index (κ2) is 10.2. The van der Waals surface area contributed by atoms with Crippen LogP contribution in [0.2, 0.25) is 0 Å². The maximum absolute atomic E-state index is 13.0. The maximum Gasteiger partial charge on any atom is 0.291 e. The lowest BCUT2D eigenvalue weighted by Gasteiger charge is -2.21. The highest BCUT2D eigenvalue weighted by atomic mass is 16.5. The number of amides is 2. The van der Waals surface area contributed by atoms with Crippen molar-refractivity contribution in [2.75, 3.05) is 34.4 Å². The monoisotopic (exact) mass is 402 g/mol. The van der Waals surface area contributed by atoms with Crippen LogP contribution in [0.3, 0.4) is 0 Å². The molecule has 1 aromatic heterocycles. The number of furan rings is 1. The van der Waals surface area contributed by atoms with Gasteiger partial charge in [0.05, 0.1) is 27.6 Å². The SMILES string of the molecule is CCN(CC)C(=O)/C(=C/c1cc(OC)c(OC)c(OC)c1)NC(=O)c1ccco1. The van der Waals surface area contributed by atoms with Crippen LogP contribution in [0.25, 0.3) is 6.08 Å². The van der Waals surface area contributed by atoms with Crippen molar-refractivity contribution in [2.45, 2.75) is 13.8 Å². The van der Waals surface area contributed by atoms with Gasteiger partial charge in [0.15, 0.2) is 17.3 Å². The Balaban J connectivity index is 2.50. The van der Waals surface area contributed by atoms with Crippen molar-refractivity contribution in [3.63, 3.8) is 0 Å². The largest absolute Gasteiger partial charge is 0.493 e. The Morgan fingerprint density at radius 2 is 1.69 bits per heavy atom. The van der Waals surface area contributed by atoms with Crippen molar-refractivity contribution >= 4 is 17.9 Å². The summed E-state index contributed by atoms with van der Waals surface area (Å²) in [5.74, 6) is 0.574. The number of ether oxygens (including phenoxy) is 3. The van der Waals surface area contributed by atoms with Crippen molar-refractivity contribution < 1.29 is 28.2 Å². The van der Waals surface area contributed by atoms with Crippen LogP contribution in [-0.2, 0) is 4.79 Å². The summed E-state index contributed by atoms with van der Waals surface area (Å²) in [6.45, 7) is 4.73. The van der Waals surface area contributed by atoms with Gasteiger partial charge in [0, 0.05) is 13.1 Å². The van der Waals surface area contributed by atoms with Crippen molar-refractivity contribution in [1.82, 2.24) is 10.2 Å². The zero-order valence-corrected chi connectivity index (χ0v) is 17.3. The molecule has 8 heteroatoms. The van der Waals surface area contributed by atoms with Crippen LogP contribution < -0.4 is 19.5 Å². The Morgan fingerprint density at radius 3 is 2.14 bits per heavy atom. The van der Waals surface area contributed by atoms with E-state index in [1.807, 2.05) is 13.8 Å². The highest BCUT2D eigenvalue weighted by Crippen LogP contribution is 2.38. The molecule has 0 saturated heterocycles. The molecule has 0 bridgehead atoms. The van der Waals surface area contributed by atoms with Crippen LogP contribution in [0.4, 0.5) is 0 Å². The normalized spacial score (nSPS) is 11.0. The smallest absolute Gasteiger partial charge is 0.291 e. The van der Waals surface area contributed by atoms with Crippen LogP contribution in [0.1, 0.15) is 30.0 Å². The number of carbonyl (C=O) groups is 2. The molecule has 0 fully saturated rings. The molecule has 0 radical (unpaired) electrons. The van der Waals surface area contributed by atoms with E-state index in [9.17, 15) is 9.59 Å². The van der Waals surface area contributed by atoms with E-state index < -0.39 is 5.91 Å². The van der Waals surface area contributed by atoms with Crippen molar-refractivity contribution in [3.8, 4) is 17.2 Å². The summed E-state index contributed by atoms with van der Waals surface area (Å²) < 4.78 is 21.2. The van der Waals surface area contributed by atoms with Crippen LogP contribution >= 0.6 is 0 Å². The molecule has 0 unspecified atom stereocenters. The van der Waals surface area contributed by atoms with Crippen LogP contribution in [0.5, 0.6) is 17.2 Å². The minimum absolute atomic E-state index is 0.101. The summed E-state index contributed by atoms with van der Waals surface area (Å²) in [6, 6.07) is 6.50. The summed E-state index contributed by atoms with van der Waals surface area (Å²) in [5, 5.41) is 2.64. The minimum atomic E-state index is -0.519. The number of likely N-dealkylation sites (N-methyl/N-ethyl adjacent to an activating group) is 1. The molecule has 2 aromatic rings. The second-order valence-corrected chi connectivity index (χ2v) is 5.93. The van der Waals surface area contributed by atoms with Crippen molar-refractivity contribution in [3.05, 3.63) is 47.5 Å². The number of nitrogens with one attached hydrogen (secondary N) is 1. The fourth-order valence-corrected chi connectivity index (χ4v) is 2.78. The van der Waals surface area contributed by atoms with E-state index in [-0.39, 0.29) is 17.4 Å². The first-order valence-corrected chi connectivity index (χ1v) is 9.14. The Labute approximate surface area is 170 Å². The lowest BCUT2D eigenvalue weighted by Crippen LogP contribution is -2.38. The zero-order valence-electron chi connectivity index (χ0n) is 17.3. The van der Waals surface area contributed by atoms with Gasteiger partial charge < -0.3 is 28.8 Å². The quantitative estimate of drug-likeness (QED) is 0.649. The molecular weight excluding hydrogens is 376 g/mol. The number of hydrogen-bond acceptors (Lipinski definition) is 6. The number of carbonyl (C=O) groups excluding carboxylic acids is 2. The number of methoxy groups -OCH3 is 3. The number of hydrogen-bond donors (Lipinski definition) is 1. The van der Waals surface area contributed by atoms with Gasteiger partial charge in [-0.2, -0.15) is 0 Å². The number of benzene rings is 1. The summed E-state index contributed by atoms with van der Waals surface area (Å²) >= 11 is 0. The molecule has 0 aliphatic rings. The third-order valence-electron chi connectivity index (χ3n) is 4.27. The second-order valence-electron chi connectivity index (χ2n) is 5.93. The van der Waals surface area contributed by atoms with E-state index in [4.69, 9.17) is 18.6 Å². The lowest BCUT2D eigenvalue weighted by atomic mass is 10.1. The molecule has 156 valence electrons. The Hall–Kier alpha value is -3.42. The average Bonchev–Trinajstić information content (AvgIpc) is 3.28. The van der Waals surface area contributed by atoms with Crippen molar-refractivity contribution in [1.29, 1.82) is 0 Å². The summed E-state index contributed by atoms with van der Waals surface area (Å²) in [7, 11) is 4.52. The van der Waals surface area contributed by atoms with E-state index in [2.05, 4.69) is 5.32 Å². The molecule has 2 amide bonds. The van der Waals surface area contributed by atoms with Gasteiger partial charge in [0.1, 0.15) is 5.70 Å². The van der Waals surface area contributed by atoms with Crippen molar-refractivity contribution in [2.24, 2.45) is 0 Å². The third kappa shape index (κ3) is 5.10. The average molecular weight is 402 g/mol. The van der Waals surface area contributed by atoms with Gasteiger partial charge in [-0.15, -0.1) is 0 Å². The first-order chi connectivity index (χ1) is 14.0. The molecule has 0 aliphatic carbocycles. The van der Waals surface area contributed by atoms with Gasteiger partial charge in [-0.05, 0) is 49.8 Å². The molecular formula is C21H26N2O6. The summed E-state index contributed by atoms with van der Waals surface area (Å²) in [6.07, 6.45) is 2.95. The molecule has 0 saturated carbocycles. The lowest BCUT2D eigenvalue weighted by molar-refractivity contribution is -0.127. The third-order valence-corrected chi connectivity index (χ3v) is 4.27. The number of nitrogens with zero attached hydrogens (tertiary/aromatic N) is 1. The molecule has 0 aliphatic heterocycles. The van der Waals surface area contributed by atoms with Gasteiger partial charge in [-0.3, -0.25) is 9.59 Å². The Kier molecular flexibility index (Phi) is 7.70. The van der Waals surface area contributed by atoms with Gasteiger partial charge in [0.2, 0.25) is 5.75 Å². The van der Waals surface area contributed by atoms with Crippen LogP contribution in [0.15, 0.2) is 40.6 Å². The molecule has 1 heterocycles. The molecule has 8 nitrogen and oxygen atoms in total. The van der Waals surface area contributed by atoms with Gasteiger partial charge in [-0.1, -0.05) is 0 Å². The van der Waals surface area contributed by atoms with Crippen LogP contribution in [0, 0.1) is 0 Å². The van der Waals surface area contributed by atoms with Gasteiger partial charge >= 0.3 is 0 Å². The van der Waals surface area contributed by atoms with E-state index >= 15 is 0 Å². The minimum Gasteiger partial charge on any atom is -0.493 e. The first-order valence-electron chi connectivity index (χ1n) is 9.14. The van der Waals surface area contributed by atoms with Gasteiger partial charge in [0.25, 0.3) is 11.8 Å². The molecule has 1 aromatic carbocycles. The predicted octanol–water partition coefficient (Wildman–Crippen LogP) is 2.94. The Morgan fingerprint density at radius 1 is 1.07 bits per heavy atom. The topological polar surface area (TPSA) is 90.2 Å². The summed E-state index contributed by atoms with van der Waals surface area (Å²) in [4.78, 5) is 27.0. The first kappa shape index (κ1) is 21.9. The zero-order chi connectivity index (χ0) is 21.4. The van der Waals surface area contributed by atoms with E-state index in [0.29, 0.717) is 35.9 Å². The van der Waals surface area contributed by atoms with E-state index in [0.717, 1.165) is 0 Å². The van der Waals surface area contributed by atoms with Crippen LogP contribution in [-0.4, -0.2) is 51.1 Å². The standard InChI is InChI=1S/C21H26N2O6/c1-6-23(7-2)21(25)15(22-20(24)16-9-8-10-29-16)11-14-12-17(26-3)19(28-5)18(13-14)27-4/h8-13H,6-7H2,1-5H3,(H,22,24)/b15-11-. The molecule has 2 rings (SSSR count). The highest BCUT2D eigenvalue weighted by molar-refractivity contribution is 6.04. The molecule has 0 atom stereocenters. The van der Waals surface area contributed by atoms with E-state index in [1.54, 1.807) is 29.2 Å². The molecule has 1 N–H and O–H groups in total. The molecule has 0 spiro atoms. The summed E-state index contributed by atoms with van der Waals surface area (Å²) in [5.41, 5.74) is 0.694. The molecule has 29 heavy (non-hydrogen) atoms. The predicted molar refractivity (Wildman–Crippen MR) is 108 cm³/mol. The fraction of sp³-hybridized carbons (Fsp3) is 0.333. The number of rotatable bonds is 9. The van der Waals surface area contributed by atoms with E-state index in [1.165, 1.54) is 33.7 Å². The maximum atomic E-state index is 13.0. The Bertz CT molecular complexity index is 844. The fourth-order valence-electron chi connectivity index (χ4n) is 2.78. The highest BCUT2D eigenvalue weighted by Gasteiger charge is 2.21. The van der Waals surface area contributed by atoms with Gasteiger partial charge in [-0.25, -0.2) is 0 Å².